The van der Waals surface area contributed by atoms with Crippen LogP contribution < -0.4 is 4.72 Å². The topological polar surface area (TPSA) is 61.7 Å². The lowest BCUT2D eigenvalue weighted by molar-refractivity contribution is -0.129. The highest BCUT2D eigenvalue weighted by Gasteiger charge is 2.16. The number of fused-ring (bicyclic) bond motifs is 1. The van der Waals surface area contributed by atoms with Gasteiger partial charge in [0.2, 0.25) is 5.84 Å². The van der Waals surface area contributed by atoms with Gasteiger partial charge in [-0.1, -0.05) is 12.1 Å². The minimum absolute atomic E-state index is 0.0244. The Morgan fingerprint density at radius 2 is 2.23 bits per heavy atom. The van der Waals surface area contributed by atoms with Gasteiger partial charge in [-0.15, -0.1) is 0 Å². The monoisotopic (exact) mass is 194 g/mol. The molecule has 5 heteroatoms. The van der Waals surface area contributed by atoms with Gasteiger partial charge in [0.25, 0.3) is 0 Å². The van der Waals surface area contributed by atoms with Crippen LogP contribution in [-0.4, -0.2) is 16.9 Å². The number of rotatable bonds is 1. The largest absolute Gasteiger partial charge is 0.475 e. The highest BCUT2D eigenvalue weighted by atomic mass is 32.2. The van der Waals surface area contributed by atoms with E-state index in [0.717, 1.165) is 4.90 Å². The summed E-state index contributed by atoms with van der Waals surface area (Å²) in [6.45, 7) is 0. The molecule has 0 aliphatic carbocycles. The molecule has 0 saturated heterocycles. The molecule has 0 bridgehead atoms. The van der Waals surface area contributed by atoms with Crippen LogP contribution in [0.15, 0.2) is 34.2 Å². The molecule has 0 unspecified atom stereocenters. The molecule has 4 nitrogen and oxygen atoms in total. The third kappa shape index (κ3) is 1.50. The molecule has 0 aromatic heterocycles. The van der Waals surface area contributed by atoms with Crippen LogP contribution in [0.2, 0.25) is 0 Å². The molecule has 0 atom stereocenters. The predicted octanol–water partition coefficient (Wildman–Crippen LogP) is 1.41. The average Bonchev–Trinajstić information content (AvgIpc) is 2.17. The van der Waals surface area contributed by atoms with E-state index in [4.69, 9.17) is 5.11 Å². The Morgan fingerprint density at radius 1 is 1.46 bits per heavy atom. The Morgan fingerprint density at radius 3 is 3.00 bits per heavy atom. The lowest BCUT2D eigenvalue weighted by Gasteiger charge is -2.12. The van der Waals surface area contributed by atoms with Gasteiger partial charge in [-0.2, -0.15) is 0 Å². The Labute approximate surface area is 78.8 Å². The number of nitrogens with one attached hydrogen (secondary N) is 1. The van der Waals surface area contributed by atoms with E-state index in [-0.39, 0.29) is 5.84 Å². The van der Waals surface area contributed by atoms with Crippen molar-refractivity contribution in [1.29, 1.82) is 0 Å². The van der Waals surface area contributed by atoms with Crippen molar-refractivity contribution in [3.8, 4) is 0 Å². The van der Waals surface area contributed by atoms with E-state index in [1.807, 2.05) is 18.2 Å². The zero-order valence-electron chi connectivity index (χ0n) is 6.52. The number of carbonyl (C=O) groups is 1. The van der Waals surface area contributed by atoms with E-state index in [1.54, 1.807) is 6.07 Å². The summed E-state index contributed by atoms with van der Waals surface area (Å²) in [6.07, 6.45) is 0. The first-order valence-corrected chi connectivity index (χ1v) is 4.43. The highest BCUT2D eigenvalue weighted by molar-refractivity contribution is 7.98. The van der Waals surface area contributed by atoms with Crippen molar-refractivity contribution in [3.63, 3.8) is 0 Å². The molecule has 0 spiro atoms. The van der Waals surface area contributed by atoms with Crippen LogP contribution >= 0.6 is 11.9 Å². The maximum absolute atomic E-state index is 10.6. The SMILES string of the molecule is O=C(O)C1=Nc2ccccc2SN1. The molecular formula is C8H6N2O2S. The number of hydrogen-bond acceptors (Lipinski definition) is 4. The molecule has 2 N–H and O–H groups in total. The summed E-state index contributed by atoms with van der Waals surface area (Å²) >= 11 is 1.26. The van der Waals surface area contributed by atoms with E-state index < -0.39 is 5.97 Å². The van der Waals surface area contributed by atoms with Gasteiger partial charge in [0, 0.05) is 0 Å². The van der Waals surface area contributed by atoms with Crippen molar-refractivity contribution >= 4 is 29.4 Å². The summed E-state index contributed by atoms with van der Waals surface area (Å²) in [4.78, 5) is 15.4. The Kier molecular flexibility index (Phi) is 1.94. The summed E-state index contributed by atoms with van der Waals surface area (Å²) in [5.41, 5.74) is 0.698. The molecular weight excluding hydrogens is 188 g/mol. The van der Waals surface area contributed by atoms with Gasteiger partial charge in [-0.3, -0.25) is 0 Å². The number of aliphatic imine (C=N–C) groups is 1. The number of nitrogens with zero attached hydrogens (tertiary/aromatic N) is 1. The van der Waals surface area contributed by atoms with Crippen LogP contribution in [0.25, 0.3) is 0 Å². The minimum Gasteiger partial charge on any atom is -0.475 e. The lowest BCUT2D eigenvalue weighted by Crippen LogP contribution is -2.27. The van der Waals surface area contributed by atoms with Crippen molar-refractivity contribution < 1.29 is 9.90 Å². The third-order valence-corrected chi connectivity index (χ3v) is 2.42. The fourth-order valence-electron chi connectivity index (χ4n) is 0.974. The number of carboxylic acid groups (broad SMARTS) is 1. The molecule has 1 aliphatic heterocycles. The Balaban J connectivity index is 2.44. The molecule has 1 aromatic rings. The van der Waals surface area contributed by atoms with Crippen LogP contribution in [0.3, 0.4) is 0 Å². The number of benzene rings is 1. The first-order chi connectivity index (χ1) is 6.27. The first kappa shape index (κ1) is 8.12. The summed E-state index contributed by atoms with van der Waals surface area (Å²) in [5.74, 6) is -1.06. The van der Waals surface area contributed by atoms with Crippen molar-refractivity contribution in [2.75, 3.05) is 0 Å². The average molecular weight is 194 g/mol. The van der Waals surface area contributed by atoms with E-state index >= 15 is 0 Å². The van der Waals surface area contributed by atoms with Crippen molar-refractivity contribution in [2.45, 2.75) is 4.90 Å². The van der Waals surface area contributed by atoms with E-state index in [1.165, 1.54) is 11.9 Å². The van der Waals surface area contributed by atoms with Crippen LogP contribution in [-0.2, 0) is 4.79 Å². The van der Waals surface area contributed by atoms with E-state index in [9.17, 15) is 4.79 Å². The number of aliphatic carboxylic acids is 1. The van der Waals surface area contributed by atoms with E-state index in [2.05, 4.69) is 9.71 Å². The second-order valence-corrected chi connectivity index (χ2v) is 3.29. The standard InChI is InChI=1S/C8H6N2O2S/c11-8(12)7-9-5-3-1-2-4-6(5)13-10-7/h1-4H,(H,9,10)(H,11,12). The molecule has 0 fully saturated rings. The van der Waals surface area contributed by atoms with Gasteiger partial charge >= 0.3 is 5.97 Å². The molecule has 1 aliphatic rings. The quantitative estimate of drug-likeness (QED) is 0.663. The van der Waals surface area contributed by atoms with Gasteiger partial charge in [-0.05, 0) is 24.1 Å². The third-order valence-electron chi connectivity index (χ3n) is 1.56. The van der Waals surface area contributed by atoms with Crippen molar-refractivity contribution in [1.82, 2.24) is 4.72 Å². The van der Waals surface area contributed by atoms with Gasteiger partial charge in [0.15, 0.2) is 0 Å². The fraction of sp³-hybridized carbons (Fsp3) is 0. The Bertz CT molecular complexity index is 389. The van der Waals surface area contributed by atoms with Crippen molar-refractivity contribution in [3.05, 3.63) is 24.3 Å². The number of amidine groups is 1. The second-order valence-electron chi connectivity index (χ2n) is 2.44. The fourth-order valence-corrected chi connectivity index (χ4v) is 1.68. The highest BCUT2D eigenvalue weighted by Crippen LogP contribution is 2.30. The molecule has 0 saturated carbocycles. The number of para-hydroxylation sites is 1. The van der Waals surface area contributed by atoms with Crippen LogP contribution in [0.5, 0.6) is 0 Å². The van der Waals surface area contributed by atoms with Crippen molar-refractivity contribution in [2.24, 2.45) is 4.99 Å². The van der Waals surface area contributed by atoms with Gasteiger partial charge in [0.1, 0.15) is 0 Å². The van der Waals surface area contributed by atoms with Crippen LogP contribution in [0, 0.1) is 0 Å². The maximum Gasteiger partial charge on any atom is 0.372 e. The Hall–Kier alpha value is -1.49. The molecule has 1 aromatic carbocycles. The number of carboxylic acids is 1. The second kappa shape index (κ2) is 3.10. The van der Waals surface area contributed by atoms with Gasteiger partial charge in [0.05, 0.1) is 10.6 Å². The summed E-state index contributed by atoms with van der Waals surface area (Å²) in [5, 5.41) is 8.66. The zero-order valence-corrected chi connectivity index (χ0v) is 7.34. The smallest absolute Gasteiger partial charge is 0.372 e. The first-order valence-electron chi connectivity index (χ1n) is 3.61. The summed E-state index contributed by atoms with van der Waals surface area (Å²) in [7, 11) is 0. The summed E-state index contributed by atoms with van der Waals surface area (Å²) < 4.78 is 2.64. The molecule has 0 radical (unpaired) electrons. The zero-order chi connectivity index (χ0) is 9.26. The minimum atomic E-state index is -1.04. The molecule has 0 amide bonds. The molecule has 66 valence electrons. The molecule has 1 heterocycles. The van der Waals surface area contributed by atoms with E-state index in [0.29, 0.717) is 5.69 Å². The molecule has 13 heavy (non-hydrogen) atoms. The normalized spacial score (nSPS) is 14.0. The lowest BCUT2D eigenvalue weighted by atomic mass is 10.3. The van der Waals surface area contributed by atoms with Gasteiger partial charge < -0.3 is 9.83 Å². The van der Waals surface area contributed by atoms with Crippen LogP contribution in [0.1, 0.15) is 0 Å². The van der Waals surface area contributed by atoms with Crippen LogP contribution in [0.4, 0.5) is 5.69 Å². The number of hydrogen-bond donors (Lipinski definition) is 2. The van der Waals surface area contributed by atoms with Gasteiger partial charge in [-0.25, -0.2) is 9.79 Å². The maximum atomic E-state index is 10.6. The molecule has 2 rings (SSSR count). The predicted molar refractivity (Wildman–Crippen MR) is 50.2 cm³/mol. The summed E-state index contributed by atoms with van der Waals surface area (Å²) in [6, 6.07) is 7.38.